The summed E-state index contributed by atoms with van der Waals surface area (Å²) in [7, 11) is 0. The first-order valence-corrected chi connectivity index (χ1v) is 8.68. The number of thioether (sulfide) groups is 1. The van der Waals surface area contributed by atoms with Crippen LogP contribution in [0, 0.1) is 11.8 Å². The maximum absolute atomic E-state index is 11.4. The summed E-state index contributed by atoms with van der Waals surface area (Å²) in [6.07, 6.45) is 7.29. The second kappa shape index (κ2) is 4.90. The highest BCUT2D eigenvalue weighted by molar-refractivity contribution is 7.99. The average molecular weight is 297 g/mol. The Bertz CT molecular complexity index is 494. The molecule has 0 aliphatic heterocycles. The molecule has 2 aliphatic carbocycles. The number of thiophene rings is 1. The third kappa shape index (κ3) is 2.56. The van der Waals surface area contributed by atoms with Crippen LogP contribution in [-0.2, 0) is 0 Å². The van der Waals surface area contributed by atoms with Gasteiger partial charge in [-0.15, -0.1) is 23.1 Å². The average Bonchev–Trinajstić information content (AvgIpc) is 3.25. The van der Waals surface area contributed by atoms with E-state index < -0.39 is 5.91 Å². The summed E-state index contributed by atoms with van der Waals surface area (Å²) in [6.45, 7) is 0. The summed E-state index contributed by atoms with van der Waals surface area (Å²) in [4.78, 5) is 12.9. The highest BCUT2D eigenvalue weighted by Gasteiger charge is 2.42. The smallest absolute Gasteiger partial charge is 0.261 e. The molecule has 3 rings (SSSR count). The molecule has 6 heteroatoms. The molecule has 19 heavy (non-hydrogen) atoms. The molecule has 1 amide bonds. The molecular weight excluding hydrogens is 278 g/mol. The monoisotopic (exact) mass is 297 g/mol. The number of nitrogens with two attached hydrogens (primary N) is 2. The normalized spacial score (nSPS) is 18.8. The molecule has 104 valence electrons. The molecule has 0 radical (unpaired) electrons. The highest BCUT2D eigenvalue weighted by Crippen LogP contribution is 2.49. The Hall–Kier alpha value is -0.880. The minimum absolute atomic E-state index is 0.430. The van der Waals surface area contributed by atoms with Crippen LogP contribution >= 0.6 is 23.1 Å². The van der Waals surface area contributed by atoms with Crippen LogP contribution in [0.1, 0.15) is 35.4 Å². The van der Waals surface area contributed by atoms with E-state index in [1.807, 2.05) is 6.26 Å². The number of hydrogen-bond donors (Lipinski definition) is 3. The number of rotatable bonds is 6. The second-order valence-electron chi connectivity index (χ2n) is 5.42. The van der Waals surface area contributed by atoms with Gasteiger partial charge in [-0.3, -0.25) is 4.79 Å². The topological polar surface area (TPSA) is 81.1 Å². The first-order valence-electron chi connectivity index (χ1n) is 6.64. The maximum atomic E-state index is 11.4. The fourth-order valence-electron chi connectivity index (χ4n) is 2.59. The van der Waals surface area contributed by atoms with E-state index in [0.717, 1.165) is 21.7 Å². The molecule has 1 aromatic heterocycles. The van der Waals surface area contributed by atoms with Crippen molar-refractivity contribution < 1.29 is 4.79 Å². The van der Waals surface area contributed by atoms with Gasteiger partial charge in [0.15, 0.2) is 0 Å². The third-order valence-corrected chi connectivity index (χ3v) is 6.00. The Kier molecular flexibility index (Phi) is 3.39. The summed E-state index contributed by atoms with van der Waals surface area (Å²) in [6, 6.07) is 0.560. The summed E-state index contributed by atoms with van der Waals surface area (Å²) in [5, 5.41) is 4.68. The van der Waals surface area contributed by atoms with E-state index in [-0.39, 0.29) is 0 Å². The minimum Gasteiger partial charge on any atom is -0.396 e. The van der Waals surface area contributed by atoms with Gasteiger partial charge in [-0.25, -0.2) is 0 Å². The molecule has 5 N–H and O–H groups in total. The van der Waals surface area contributed by atoms with E-state index in [2.05, 4.69) is 5.32 Å². The van der Waals surface area contributed by atoms with Crippen molar-refractivity contribution in [3.05, 3.63) is 4.88 Å². The molecule has 2 aliphatic rings. The number of anilines is 2. The van der Waals surface area contributed by atoms with Crippen molar-refractivity contribution >= 4 is 39.7 Å². The zero-order valence-corrected chi connectivity index (χ0v) is 12.6. The van der Waals surface area contributed by atoms with Crippen molar-refractivity contribution in [2.24, 2.45) is 17.6 Å². The zero-order valence-electron chi connectivity index (χ0n) is 10.9. The third-order valence-electron chi connectivity index (χ3n) is 3.89. The maximum Gasteiger partial charge on any atom is 0.261 e. The molecule has 0 unspecified atom stereocenters. The van der Waals surface area contributed by atoms with Crippen LogP contribution in [-0.4, -0.2) is 18.2 Å². The van der Waals surface area contributed by atoms with Crippen LogP contribution in [0.3, 0.4) is 0 Å². The fraction of sp³-hybridized carbons (Fsp3) is 0.615. The molecule has 0 spiro atoms. The Balaban J connectivity index is 1.86. The largest absolute Gasteiger partial charge is 0.396 e. The molecular formula is C13H19N3OS2. The standard InChI is InChI=1S/C13H19N3OS2/c1-18-11-8(14)10(12(15)17)19-13(11)16-9(6-2-3-6)7-4-5-7/h6-7,9,16H,2-5,14H2,1H3,(H2,15,17). The van der Waals surface area contributed by atoms with Crippen molar-refractivity contribution in [1.29, 1.82) is 0 Å². The van der Waals surface area contributed by atoms with E-state index in [9.17, 15) is 4.79 Å². The second-order valence-corrected chi connectivity index (χ2v) is 7.25. The van der Waals surface area contributed by atoms with E-state index in [0.29, 0.717) is 16.6 Å². The molecule has 2 fully saturated rings. The number of hydrogen-bond acceptors (Lipinski definition) is 5. The summed E-state index contributed by atoms with van der Waals surface area (Å²) < 4.78 is 0. The fourth-order valence-corrected chi connectivity index (χ4v) is 4.51. The lowest BCUT2D eigenvalue weighted by Gasteiger charge is -2.18. The van der Waals surface area contributed by atoms with Crippen molar-refractivity contribution in [2.45, 2.75) is 36.6 Å². The number of nitrogens with one attached hydrogen (secondary N) is 1. The van der Waals surface area contributed by atoms with Gasteiger partial charge in [-0.05, 0) is 43.8 Å². The summed E-state index contributed by atoms with van der Waals surface area (Å²) >= 11 is 2.99. The van der Waals surface area contributed by atoms with E-state index >= 15 is 0 Å². The predicted molar refractivity (Wildman–Crippen MR) is 81.9 cm³/mol. The summed E-state index contributed by atoms with van der Waals surface area (Å²) in [5.41, 5.74) is 11.9. The van der Waals surface area contributed by atoms with Gasteiger partial charge in [-0.2, -0.15) is 0 Å². The molecule has 1 aromatic rings. The van der Waals surface area contributed by atoms with E-state index in [1.165, 1.54) is 37.0 Å². The summed E-state index contributed by atoms with van der Waals surface area (Å²) in [5.74, 6) is 1.19. The first-order chi connectivity index (χ1) is 9.11. The van der Waals surface area contributed by atoms with Crippen LogP contribution < -0.4 is 16.8 Å². The number of primary amides is 1. The lowest BCUT2D eigenvalue weighted by Crippen LogP contribution is -2.23. The van der Waals surface area contributed by atoms with Gasteiger partial charge >= 0.3 is 0 Å². The molecule has 1 heterocycles. The van der Waals surface area contributed by atoms with Crippen LogP contribution in [0.25, 0.3) is 0 Å². The van der Waals surface area contributed by atoms with Gasteiger partial charge in [-0.1, -0.05) is 0 Å². The first kappa shape index (κ1) is 13.1. The van der Waals surface area contributed by atoms with E-state index in [4.69, 9.17) is 11.5 Å². The van der Waals surface area contributed by atoms with Gasteiger partial charge in [0, 0.05) is 6.04 Å². The van der Waals surface area contributed by atoms with Crippen molar-refractivity contribution in [2.75, 3.05) is 17.3 Å². The zero-order chi connectivity index (χ0) is 13.6. The van der Waals surface area contributed by atoms with Gasteiger partial charge in [0.2, 0.25) is 0 Å². The van der Waals surface area contributed by atoms with Gasteiger partial charge in [0.1, 0.15) is 9.88 Å². The Morgan fingerprint density at radius 1 is 1.37 bits per heavy atom. The van der Waals surface area contributed by atoms with Crippen molar-refractivity contribution in [3.63, 3.8) is 0 Å². The number of nitrogen functional groups attached to an aromatic ring is 1. The molecule has 0 bridgehead atoms. The lowest BCUT2D eigenvalue weighted by molar-refractivity contribution is 0.100. The van der Waals surface area contributed by atoms with E-state index in [1.54, 1.807) is 11.8 Å². The van der Waals surface area contributed by atoms with Gasteiger partial charge in [0.05, 0.1) is 10.6 Å². The van der Waals surface area contributed by atoms with Crippen LogP contribution in [0.2, 0.25) is 0 Å². The van der Waals surface area contributed by atoms with Gasteiger partial charge < -0.3 is 16.8 Å². The van der Waals surface area contributed by atoms with Crippen molar-refractivity contribution in [1.82, 2.24) is 0 Å². The van der Waals surface area contributed by atoms with Gasteiger partial charge in [0.25, 0.3) is 5.91 Å². The van der Waals surface area contributed by atoms with Crippen LogP contribution in [0.15, 0.2) is 4.90 Å². The predicted octanol–water partition coefficient (Wildman–Crippen LogP) is 2.75. The highest BCUT2D eigenvalue weighted by atomic mass is 32.2. The Morgan fingerprint density at radius 2 is 1.95 bits per heavy atom. The number of amides is 1. The lowest BCUT2D eigenvalue weighted by atomic mass is 10.1. The quantitative estimate of drug-likeness (QED) is 0.705. The molecule has 0 saturated heterocycles. The minimum atomic E-state index is -0.430. The van der Waals surface area contributed by atoms with Crippen LogP contribution in [0.5, 0.6) is 0 Å². The molecule has 4 nitrogen and oxygen atoms in total. The van der Waals surface area contributed by atoms with Crippen molar-refractivity contribution in [3.8, 4) is 0 Å². The molecule has 2 saturated carbocycles. The Morgan fingerprint density at radius 3 is 2.37 bits per heavy atom. The molecule has 0 aromatic carbocycles. The number of carbonyl (C=O) groups excluding carboxylic acids is 1. The molecule has 0 atom stereocenters. The Labute approximate surface area is 121 Å². The SMILES string of the molecule is CSc1c(NC(C2CC2)C2CC2)sc(C(N)=O)c1N. The van der Waals surface area contributed by atoms with Crippen LogP contribution in [0.4, 0.5) is 10.7 Å². The number of carbonyl (C=O) groups is 1.